The average molecular weight is 292 g/mol. The first kappa shape index (κ1) is 13.3. The Kier molecular flexibility index (Phi) is 3.79. The predicted molar refractivity (Wildman–Crippen MR) is 74.9 cm³/mol. The molecule has 1 atom stereocenters. The molecule has 7 heteroatoms. The van der Waals surface area contributed by atoms with E-state index in [0.29, 0.717) is 18.3 Å². The molecule has 0 radical (unpaired) electrons. The molecule has 1 amide bonds. The van der Waals surface area contributed by atoms with Gasteiger partial charge in [-0.15, -0.1) is 11.3 Å². The molecule has 1 fully saturated rings. The van der Waals surface area contributed by atoms with Crippen LogP contribution in [0.2, 0.25) is 0 Å². The molecule has 1 unspecified atom stereocenters. The maximum atomic E-state index is 11.5. The average Bonchev–Trinajstić information content (AvgIpc) is 3.09. The molecule has 0 spiro atoms. The molecule has 106 valence electrons. The summed E-state index contributed by atoms with van der Waals surface area (Å²) in [7, 11) is 0. The third-order valence-corrected chi connectivity index (χ3v) is 4.36. The Bertz CT molecular complexity index is 581. The van der Waals surface area contributed by atoms with Crippen molar-refractivity contribution in [3.05, 3.63) is 23.4 Å². The van der Waals surface area contributed by atoms with Crippen molar-refractivity contribution in [1.82, 2.24) is 15.0 Å². The summed E-state index contributed by atoms with van der Waals surface area (Å²) in [5, 5.41) is 5.95. The van der Waals surface area contributed by atoms with E-state index in [9.17, 15) is 4.79 Å². The van der Waals surface area contributed by atoms with Crippen LogP contribution < -0.4 is 5.73 Å². The first-order chi connectivity index (χ1) is 9.74. The summed E-state index contributed by atoms with van der Waals surface area (Å²) in [5.41, 5.74) is 5.45. The largest absolute Gasteiger partial charge is 0.368 e. The van der Waals surface area contributed by atoms with Crippen LogP contribution in [0, 0.1) is 0 Å². The normalized spacial score (nSPS) is 20.1. The second-order valence-electron chi connectivity index (χ2n) is 4.87. The van der Waals surface area contributed by atoms with Crippen LogP contribution in [0.25, 0.3) is 10.7 Å². The van der Waals surface area contributed by atoms with E-state index in [4.69, 9.17) is 10.3 Å². The highest BCUT2D eigenvalue weighted by atomic mass is 32.1. The van der Waals surface area contributed by atoms with Crippen LogP contribution in [0.5, 0.6) is 0 Å². The Morgan fingerprint density at radius 1 is 1.55 bits per heavy atom. The maximum Gasteiger partial charge on any atom is 0.241 e. The maximum absolute atomic E-state index is 11.5. The smallest absolute Gasteiger partial charge is 0.241 e. The number of nitrogens with zero attached hydrogens (tertiary/aromatic N) is 3. The lowest BCUT2D eigenvalue weighted by Crippen LogP contribution is -2.47. The van der Waals surface area contributed by atoms with Crippen molar-refractivity contribution in [3.63, 3.8) is 0 Å². The number of rotatable bonds is 4. The van der Waals surface area contributed by atoms with E-state index in [2.05, 4.69) is 10.1 Å². The second-order valence-corrected chi connectivity index (χ2v) is 5.82. The van der Waals surface area contributed by atoms with Gasteiger partial charge in [0.1, 0.15) is 0 Å². The summed E-state index contributed by atoms with van der Waals surface area (Å²) >= 11 is 1.57. The van der Waals surface area contributed by atoms with Gasteiger partial charge in [-0.25, -0.2) is 0 Å². The molecule has 2 N–H and O–H groups in total. The van der Waals surface area contributed by atoms with Crippen molar-refractivity contribution in [2.24, 2.45) is 5.73 Å². The molecule has 0 saturated carbocycles. The summed E-state index contributed by atoms with van der Waals surface area (Å²) in [6.07, 6.45) is 2.91. The summed E-state index contributed by atoms with van der Waals surface area (Å²) in [6, 6.07) is 3.68. The molecule has 1 aliphatic heterocycles. The lowest BCUT2D eigenvalue weighted by molar-refractivity contribution is -0.124. The fourth-order valence-electron chi connectivity index (χ4n) is 2.50. The fourth-order valence-corrected chi connectivity index (χ4v) is 3.15. The van der Waals surface area contributed by atoms with Gasteiger partial charge in [0.15, 0.2) is 0 Å². The number of hydrogen-bond donors (Lipinski definition) is 1. The molecule has 1 saturated heterocycles. The van der Waals surface area contributed by atoms with E-state index in [0.717, 1.165) is 30.7 Å². The molecule has 20 heavy (non-hydrogen) atoms. The van der Waals surface area contributed by atoms with E-state index >= 15 is 0 Å². The molecule has 2 aromatic rings. The third kappa shape index (κ3) is 2.73. The summed E-state index contributed by atoms with van der Waals surface area (Å²) in [4.78, 5) is 18.8. The predicted octanol–water partition coefficient (Wildman–Crippen LogP) is 1.64. The number of nitrogens with two attached hydrogens (primary N) is 1. The number of amides is 1. The van der Waals surface area contributed by atoms with Gasteiger partial charge in [0.2, 0.25) is 17.6 Å². The zero-order valence-electron chi connectivity index (χ0n) is 11.0. The molecule has 3 rings (SSSR count). The fraction of sp³-hybridized carbons (Fsp3) is 0.462. The van der Waals surface area contributed by atoms with E-state index in [1.165, 1.54) is 0 Å². The van der Waals surface area contributed by atoms with Crippen molar-refractivity contribution in [2.45, 2.75) is 31.8 Å². The number of aromatic nitrogens is 2. The number of carbonyl (C=O) groups is 1. The SMILES string of the molecule is NC(=O)C1CCCCN1Cc1nc(-c2cccs2)no1. The molecule has 1 aliphatic rings. The van der Waals surface area contributed by atoms with E-state index in [1.807, 2.05) is 22.4 Å². The first-order valence-corrected chi connectivity index (χ1v) is 7.52. The Balaban J connectivity index is 1.72. The molecule has 0 aromatic carbocycles. The van der Waals surface area contributed by atoms with Crippen molar-refractivity contribution in [1.29, 1.82) is 0 Å². The van der Waals surface area contributed by atoms with Gasteiger partial charge in [-0.05, 0) is 30.8 Å². The minimum atomic E-state index is -0.275. The first-order valence-electron chi connectivity index (χ1n) is 6.64. The zero-order chi connectivity index (χ0) is 13.9. The standard InChI is InChI=1S/C13H16N4O2S/c14-12(18)9-4-1-2-6-17(9)8-11-15-13(16-19-11)10-5-3-7-20-10/h3,5,7,9H,1-2,4,6,8H2,(H2,14,18). The second kappa shape index (κ2) is 5.72. The minimum absolute atomic E-state index is 0.221. The highest BCUT2D eigenvalue weighted by molar-refractivity contribution is 7.13. The van der Waals surface area contributed by atoms with Crippen LogP contribution in [0.4, 0.5) is 0 Å². The lowest BCUT2D eigenvalue weighted by atomic mass is 10.0. The van der Waals surface area contributed by atoms with Gasteiger partial charge in [-0.2, -0.15) is 4.98 Å². The summed E-state index contributed by atoms with van der Waals surface area (Å²) in [5.74, 6) is 0.854. The van der Waals surface area contributed by atoms with E-state index in [1.54, 1.807) is 11.3 Å². The monoisotopic (exact) mass is 292 g/mol. The van der Waals surface area contributed by atoms with Gasteiger partial charge in [0.25, 0.3) is 0 Å². The van der Waals surface area contributed by atoms with Crippen LogP contribution >= 0.6 is 11.3 Å². The van der Waals surface area contributed by atoms with Crippen LogP contribution in [-0.2, 0) is 11.3 Å². The molecular weight excluding hydrogens is 276 g/mol. The Labute approximate surface area is 120 Å². The van der Waals surface area contributed by atoms with Gasteiger partial charge in [-0.1, -0.05) is 17.6 Å². The van der Waals surface area contributed by atoms with Crippen LogP contribution in [0.3, 0.4) is 0 Å². The Hall–Kier alpha value is -1.73. The Morgan fingerprint density at radius 3 is 3.20 bits per heavy atom. The number of carbonyl (C=O) groups excluding carboxylic acids is 1. The third-order valence-electron chi connectivity index (χ3n) is 3.49. The molecule has 0 aliphatic carbocycles. The van der Waals surface area contributed by atoms with Gasteiger partial charge < -0.3 is 10.3 Å². The van der Waals surface area contributed by atoms with E-state index < -0.39 is 0 Å². The molecule has 3 heterocycles. The van der Waals surface area contributed by atoms with E-state index in [-0.39, 0.29) is 11.9 Å². The van der Waals surface area contributed by atoms with Gasteiger partial charge in [0.05, 0.1) is 17.5 Å². The van der Waals surface area contributed by atoms with Crippen molar-refractivity contribution in [2.75, 3.05) is 6.54 Å². The topological polar surface area (TPSA) is 85.3 Å². The highest BCUT2D eigenvalue weighted by Gasteiger charge is 2.28. The van der Waals surface area contributed by atoms with Crippen molar-refractivity contribution in [3.8, 4) is 10.7 Å². The molecule has 6 nitrogen and oxygen atoms in total. The highest BCUT2D eigenvalue weighted by Crippen LogP contribution is 2.23. The molecule has 0 bridgehead atoms. The molecule has 2 aromatic heterocycles. The summed E-state index contributed by atoms with van der Waals surface area (Å²) < 4.78 is 5.27. The quantitative estimate of drug-likeness (QED) is 0.926. The van der Waals surface area contributed by atoms with Crippen molar-refractivity contribution < 1.29 is 9.32 Å². The van der Waals surface area contributed by atoms with Crippen LogP contribution in [0.15, 0.2) is 22.0 Å². The van der Waals surface area contributed by atoms with Crippen LogP contribution in [0.1, 0.15) is 25.2 Å². The van der Waals surface area contributed by atoms with Gasteiger partial charge >= 0.3 is 0 Å². The van der Waals surface area contributed by atoms with Gasteiger partial charge in [0, 0.05) is 0 Å². The van der Waals surface area contributed by atoms with Crippen LogP contribution in [-0.4, -0.2) is 33.5 Å². The number of piperidine rings is 1. The number of hydrogen-bond acceptors (Lipinski definition) is 6. The number of primary amides is 1. The Morgan fingerprint density at radius 2 is 2.45 bits per heavy atom. The summed E-state index contributed by atoms with van der Waals surface area (Å²) in [6.45, 7) is 1.32. The number of likely N-dealkylation sites (tertiary alicyclic amines) is 1. The zero-order valence-corrected chi connectivity index (χ0v) is 11.8. The minimum Gasteiger partial charge on any atom is -0.368 e. The van der Waals surface area contributed by atoms with Crippen molar-refractivity contribution >= 4 is 17.2 Å². The number of thiophene rings is 1. The lowest BCUT2D eigenvalue weighted by Gasteiger charge is -2.32. The molecular formula is C13H16N4O2S. The van der Waals surface area contributed by atoms with Gasteiger partial charge in [-0.3, -0.25) is 9.69 Å².